The Labute approximate surface area is 165 Å². The lowest BCUT2D eigenvalue weighted by Crippen LogP contribution is -2.50. The van der Waals surface area contributed by atoms with Gasteiger partial charge >= 0.3 is 12.2 Å². The van der Waals surface area contributed by atoms with Crippen molar-refractivity contribution in [1.29, 1.82) is 0 Å². The third kappa shape index (κ3) is 5.83. The number of hydrogen-bond donors (Lipinski definition) is 2. The van der Waals surface area contributed by atoms with E-state index < -0.39 is 24.4 Å². The number of rotatable bonds is 5. The smallest absolute Gasteiger partial charge is 0.422 e. The second kappa shape index (κ2) is 8.69. The summed E-state index contributed by atoms with van der Waals surface area (Å²) in [5.41, 5.74) is 0.461. The molecule has 0 spiro atoms. The van der Waals surface area contributed by atoms with Gasteiger partial charge < -0.3 is 20.1 Å². The first-order valence-electron chi connectivity index (χ1n) is 8.98. The van der Waals surface area contributed by atoms with Gasteiger partial charge in [0.15, 0.2) is 6.61 Å². The Bertz CT molecular complexity index is 817. The first-order valence-corrected chi connectivity index (χ1v) is 8.98. The molecule has 0 aliphatic carbocycles. The van der Waals surface area contributed by atoms with Crippen LogP contribution in [0.4, 0.5) is 28.0 Å². The van der Waals surface area contributed by atoms with E-state index in [4.69, 9.17) is 4.74 Å². The number of halogens is 4. The molecule has 2 aromatic rings. The Hall–Kier alpha value is -2.81. The van der Waals surface area contributed by atoms with Gasteiger partial charge in [-0.05, 0) is 54.8 Å². The molecule has 1 aliphatic rings. The SMILES string of the molecule is O=C(Nc1ccc(OCC(F)(F)F)cc1)NC1(c2ccc(F)cc2)CCOCC1. The van der Waals surface area contributed by atoms with Crippen LogP contribution < -0.4 is 15.4 Å². The van der Waals surface area contributed by atoms with Crippen molar-refractivity contribution in [3.05, 3.63) is 59.9 Å². The summed E-state index contributed by atoms with van der Waals surface area (Å²) in [4.78, 5) is 12.6. The Morgan fingerprint density at radius 2 is 1.66 bits per heavy atom. The summed E-state index contributed by atoms with van der Waals surface area (Å²) in [6.07, 6.45) is -3.37. The minimum absolute atomic E-state index is 0.0421. The lowest BCUT2D eigenvalue weighted by molar-refractivity contribution is -0.153. The average Bonchev–Trinajstić information content (AvgIpc) is 2.68. The molecule has 2 amide bonds. The van der Waals surface area contributed by atoms with Crippen LogP contribution in [0.1, 0.15) is 18.4 Å². The van der Waals surface area contributed by atoms with Gasteiger partial charge in [-0.15, -0.1) is 0 Å². The van der Waals surface area contributed by atoms with Crippen LogP contribution in [-0.4, -0.2) is 32.0 Å². The largest absolute Gasteiger partial charge is 0.484 e. The van der Waals surface area contributed by atoms with Crippen molar-refractivity contribution in [1.82, 2.24) is 5.32 Å². The van der Waals surface area contributed by atoms with Crippen LogP contribution in [0.5, 0.6) is 5.75 Å². The van der Waals surface area contributed by atoms with Gasteiger partial charge in [0.2, 0.25) is 0 Å². The van der Waals surface area contributed by atoms with Crippen molar-refractivity contribution < 1.29 is 31.8 Å². The molecule has 156 valence electrons. The highest BCUT2D eigenvalue weighted by molar-refractivity contribution is 5.90. The van der Waals surface area contributed by atoms with Crippen LogP contribution >= 0.6 is 0 Å². The molecule has 0 aromatic heterocycles. The zero-order chi connectivity index (χ0) is 20.9. The average molecular weight is 412 g/mol. The third-order valence-electron chi connectivity index (χ3n) is 4.61. The number of hydrogen-bond acceptors (Lipinski definition) is 3. The topological polar surface area (TPSA) is 59.6 Å². The molecule has 9 heteroatoms. The molecule has 3 rings (SSSR count). The Balaban J connectivity index is 1.65. The fraction of sp³-hybridized carbons (Fsp3) is 0.350. The normalized spacial score (nSPS) is 16.1. The van der Waals surface area contributed by atoms with E-state index in [1.165, 1.54) is 36.4 Å². The van der Waals surface area contributed by atoms with Crippen molar-refractivity contribution in [2.24, 2.45) is 0 Å². The predicted molar refractivity (Wildman–Crippen MR) is 98.3 cm³/mol. The molecule has 0 saturated carbocycles. The van der Waals surface area contributed by atoms with Gasteiger partial charge in [-0.1, -0.05) is 12.1 Å². The second-order valence-electron chi connectivity index (χ2n) is 6.71. The van der Waals surface area contributed by atoms with Gasteiger partial charge in [0.25, 0.3) is 0 Å². The zero-order valence-electron chi connectivity index (χ0n) is 15.4. The fourth-order valence-corrected chi connectivity index (χ4v) is 3.15. The van der Waals surface area contributed by atoms with Gasteiger partial charge in [0.05, 0.1) is 5.54 Å². The molecule has 0 unspecified atom stereocenters. The number of alkyl halides is 3. The molecule has 0 radical (unpaired) electrons. The van der Waals surface area contributed by atoms with E-state index in [2.05, 4.69) is 15.4 Å². The molecule has 0 bridgehead atoms. The molecule has 29 heavy (non-hydrogen) atoms. The molecule has 1 saturated heterocycles. The van der Waals surface area contributed by atoms with Gasteiger partial charge in [-0.3, -0.25) is 0 Å². The summed E-state index contributed by atoms with van der Waals surface area (Å²) in [6, 6.07) is 11.0. The Kier molecular flexibility index (Phi) is 6.26. The number of nitrogens with one attached hydrogen (secondary N) is 2. The van der Waals surface area contributed by atoms with Gasteiger partial charge in [0.1, 0.15) is 11.6 Å². The van der Waals surface area contributed by atoms with Crippen molar-refractivity contribution in [3.8, 4) is 5.75 Å². The molecule has 1 fully saturated rings. The van der Waals surface area contributed by atoms with Crippen molar-refractivity contribution in [2.75, 3.05) is 25.1 Å². The van der Waals surface area contributed by atoms with Crippen LogP contribution in [-0.2, 0) is 10.3 Å². The highest BCUT2D eigenvalue weighted by atomic mass is 19.4. The van der Waals surface area contributed by atoms with Gasteiger partial charge in [-0.25, -0.2) is 9.18 Å². The summed E-state index contributed by atoms with van der Waals surface area (Å²) in [5, 5.41) is 5.60. The van der Waals surface area contributed by atoms with Crippen LogP contribution in [0.25, 0.3) is 0 Å². The molecule has 2 N–H and O–H groups in total. The maximum absolute atomic E-state index is 13.3. The van der Waals surface area contributed by atoms with Crippen LogP contribution in [0.2, 0.25) is 0 Å². The fourth-order valence-electron chi connectivity index (χ4n) is 3.15. The maximum Gasteiger partial charge on any atom is 0.422 e. The van der Waals surface area contributed by atoms with E-state index in [1.807, 2.05) is 0 Å². The van der Waals surface area contributed by atoms with E-state index in [1.54, 1.807) is 12.1 Å². The summed E-state index contributed by atoms with van der Waals surface area (Å²) in [7, 11) is 0. The Morgan fingerprint density at radius 3 is 2.24 bits per heavy atom. The van der Waals surface area contributed by atoms with Crippen molar-refractivity contribution in [3.63, 3.8) is 0 Å². The van der Waals surface area contributed by atoms with Gasteiger partial charge in [-0.2, -0.15) is 13.2 Å². The van der Waals surface area contributed by atoms with Crippen molar-refractivity contribution >= 4 is 11.7 Å². The highest BCUT2D eigenvalue weighted by Crippen LogP contribution is 2.32. The van der Waals surface area contributed by atoms with E-state index in [9.17, 15) is 22.4 Å². The number of carbonyl (C=O) groups excluding carboxylic acids is 1. The molecular weight excluding hydrogens is 392 g/mol. The molecule has 5 nitrogen and oxygen atoms in total. The van der Waals surface area contributed by atoms with E-state index in [0.29, 0.717) is 31.7 Å². The third-order valence-corrected chi connectivity index (χ3v) is 4.61. The second-order valence-corrected chi connectivity index (χ2v) is 6.71. The zero-order valence-corrected chi connectivity index (χ0v) is 15.4. The quantitative estimate of drug-likeness (QED) is 0.706. The molecule has 1 heterocycles. The van der Waals surface area contributed by atoms with E-state index in [-0.39, 0.29) is 11.6 Å². The summed E-state index contributed by atoms with van der Waals surface area (Å²) in [6.45, 7) is -0.492. The molecule has 0 atom stereocenters. The summed E-state index contributed by atoms with van der Waals surface area (Å²) in [5.74, 6) is -0.325. The highest BCUT2D eigenvalue weighted by Gasteiger charge is 2.36. The van der Waals surface area contributed by atoms with E-state index >= 15 is 0 Å². The lowest BCUT2D eigenvalue weighted by Gasteiger charge is -2.38. The predicted octanol–water partition coefficient (Wildman–Crippen LogP) is 4.59. The number of anilines is 1. The molecule has 1 aliphatic heterocycles. The Morgan fingerprint density at radius 1 is 1.03 bits per heavy atom. The maximum atomic E-state index is 13.3. The van der Waals surface area contributed by atoms with E-state index in [0.717, 1.165) is 5.56 Å². The monoisotopic (exact) mass is 412 g/mol. The molecular formula is C20H20F4N2O3. The summed E-state index contributed by atoms with van der Waals surface area (Å²) >= 11 is 0. The van der Waals surface area contributed by atoms with Crippen LogP contribution in [0.15, 0.2) is 48.5 Å². The minimum atomic E-state index is -4.42. The van der Waals surface area contributed by atoms with Crippen molar-refractivity contribution in [2.45, 2.75) is 24.6 Å². The van der Waals surface area contributed by atoms with Crippen LogP contribution in [0, 0.1) is 5.82 Å². The summed E-state index contributed by atoms with van der Waals surface area (Å²) < 4.78 is 59.9. The van der Waals surface area contributed by atoms with Gasteiger partial charge in [0, 0.05) is 18.9 Å². The number of ether oxygens (including phenoxy) is 2. The number of urea groups is 1. The number of carbonyl (C=O) groups is 1. The first kappa shape index (κ1) is 20.9. The standard InChI is InChI=1S/C20H20F4N2O3/c21-15-3-1-14(2-4-15)19(9-11-28-12-10-19)26-18(27)25-16-5-7-17(8-6-16)29-13-20(22,23)24/h1-8H,9-13H2,(H2,25,26,27). The minimum Gasteiger partial charge on any atom is -0.484 e. The van der Waals surface area contributed by atoms with Crippen LogP contribution in [0.3, 0.4) is 0 Å². The first-order chi connectivity index (χ1) is 13.8. The molecule has 2 aromatic carbocycles. The number of amides is 2. The number of benzene rings is 2. The lowest BCUT2D eigenvalue weighted by atomic mass is 9.83.